The Morgan fingerprint density at radius 3 is 2.79 bits per heavy atom. The largest absolute Gasteiger partial charge is 0.497 e. The number of nitrogens with one attached hydrogen (secondary N) is 2. The van der Waals surface area contributed by atoms with E-state index in [1.54, 1.807) is 7.11 Å². The van der Waals surface area contributed by atoms with Crippen LogP contribution in [0.5, 0.6) is 5.75 Å². The van der Waals surface area contributed by atoms with Crippen molar-refractivity contribution < 1.29 is 9.47 Å². The van der Waals surface area contributed by atoms with Crippen molar-refractivity contribution in [2.24, 2.45) is 4.99 Å². The Labute approximate surface area is 162 Å². The lowest BCUT2D eigenvalue weighted by Gasteiger charge is -2.26. The number of halogens is 1. The van der Waals surface area contributed by atoms with E-state index >= 15 is 0 Å². The van der Waals surface area contributed by atoms with Crippen molar-refractivity contribution in [3.63, 3.8) is 0 Å². The molecular weight excluding hydrogens is 419 g/mol. The van der Waals surface area contributed by atoms with E-state index in [9.17, 15) is 0 Å². The van der Waals surface area contributed by atoms with Gasteiger partial charge in [0.2, 0.25) is 0 Å². The average Bonchev–Trinajstić information content (AvgIpc) is 2.61. The van der Waals surface area contributed by atoms with E-state index in [1.165, 1.54) is 0 Å². The van der Waals surface area contributed by atoms with Gasteiger partial charge in [0.25, 0.3) is 0 Å². The van der Waals surface area contributed by atoms with Gasteiger partial charge in [-0.2, -0.15) is 0 Å². The second kappa shape index (κ2) is 12.3. The Bertz CT molecular complexity index is 493. The number of guanidine groups is 1. The minimum atomic E-state index is 0. The van der Waals surface area contributed by atoms with Crippen LogP contribution < -0.4 is 15.4 Å². The number of morpholine rings is 1. The lowest BCUT2D eigenvalue weighted by atomic mass is 10.2. The fraction of sp³-hybridized carbons (Fsp3) is 0.588. The van der Waals surface area contributed by atoms with E-state index in [2.05, 4.69) is 33.5 Å². The first-order valence-electron chi connectivity index (χ1n) is 8.27. The van der Waals surface area contributed by atoms with Crippen LogP contribution in [0.25, 0.3) is 0 Å². The van der Waals surface area contributed by atoms with E-state index in [0.717, 1.165) is 63.2 Å². The van der Waals surface area contributed by atoms with Gasteiger partial charge in [0.05, 0.1) is 26.9 Å². The second-order valence-electron chi connectivity index (χ2n) is 5.43. The van der Waals surface area contributed by atoms with E-state index in [1.807, 2.05) is 18.2 Å². The van der Waals surface area contributed by atoms with Crippen molar-refractivity contribution in [2.75, 3.05) is 53.0 Å². The van der Waals surface area contributed by atoms with E-state index in [0.29, 0.717) is 6.54 Å². The van der Waals surface area contributed by atoms with Gasteiger partial charge < -0.3 is 20.1 Å². The summed E-state index contributed by atoms with van der Waals surface area (Å²) in [6.07, 6.45) is 0. The van der Waals surface area contributed by atoms with Crippen molar-refractivity contribution >= 4 is 29.9 Å². The standard InChI is InChI=1S/C17H28N4O2.HI/c1-3-18-17(19-7-8-21-9-11-23-12-10-21)20-14-15-5-4-6-16(13-15)22-2;/h4-6,13H,3,7-12,14H2,1-2H3,(H2,18,19,20);1H. The maximum Gasteiger partial charge on any atom is 0.191 e. The van der Waals surface area contributed by atoms with Crippen LogP contribution in [-0.2, 0) is 11.3 Å². The number of ether oxygens (including phenoxy) is 2. The number of aliphatic imine (C=N–C) groups is 1. The number of hydrogen-bond donors (Lipinski definition) is 2. The molecule has 1 fully saturated rings. The van der Waals surface area contributed by atoms with Crippen LogP contribution in [-0.4, -0.2) is 63.9 Å². The number of hydrogen-bond acceptors (Lipinski definition) is 4. The summed E-state index contributed by atoms with van der Waals surface area (Å²) in [5, 5.41) is 6.68. The summed E-state index contributed by atoms with van der Waals surface area (Å²) in [6, 6.07) is 8.01. The van der Waals surface area contributed by atoms with E-state index < -0.39 is 0 Å². The Balaban J connectivity index is 0.00000288. The molecule has 0 atom stereocenters. The van der Waals surface area contributed by atoms with Crippen LogP contribution >= 0.6 is 24.0 Å². The number of methoxy groups -OCH3 is 1. The third-order valence-electron chi connectivity index (χ3n) is 3.72. The number of rotatable bonds is 7. The van der Waals surface area contributed by atoms with Crippen LogP contribution in [0.4, 0.5) is 0 Å². The summed E-state index contributed by atoms with van der Waals surface area (Å²) in [6.45, 7) is 9.14. The third kappa shape index (κ3) is 7.67. The zero-order chi connectivity index (χ0) is 16.3. The average molecular weight is 448 g/mol. The zero-order valence-electron chi connectivity index (χ0n) is 14.6. The fourth-order valence-electron chi connectivity index (χ4n) is 2.44. The molecule has 0 spiro atoms. The minimum Gasteiger partial charge on any atom is -0.497 e. The first kappa shape index (κ1) is 21.0. The summed E-state index contributed by atoms with van der Waals surface area (Å²) in [5.74, 6) is 1.71. The molecule has 0 aromatic heterocycles. The molecule has 6 nitrogen and oxygen atoms in total. The van der Waals surface area contributed by atoms with Gasteiger partial charge in [0.1, 0.15) is 5.75 Å². The molecule has 24 heavy (non-hydrogen) atoms. The second-order valence-corrected chi connectivity index (χ2v) is 5.43. The fourth-order valence-corrected chi connectivity index (χ4v) is 2.44. The van der Waals surface area contributed by atoms with Crippen molar-refractivity contribution in [1.29, 1.82) is 0 Å². The van der Waals surface area contributed by atoms with Crippen LogP contribution in [0.3, 0.4) is 0 Å². The van der Waals surface area contributed by atoms with Crippen molar-refractivity contribution in [2.45, 2.75) is 13.5 Å². The first-order valence-corrected chi connectivity index (χ1v) is 8.27. The van der Waals surface area contributed by atoms with Gasteiger partial charge in [-0.15, -0.1) is 24.0 Å². The lowest BCUT2D eigenvalue weighted by Crippen LogP contribution is -2.44. The van der Waals surface area contributed by atoms with Gasteiger partial charge in [-0.05, 0) is 24.6 Å². The van der Waals surface area contributed by atoms with Crippen molar-refractivity contribution in [1.82, 2.24) is 15.5 Å². The van der Waals surface area contributed by atoms with Crippen LogP contribution in [0.15, 0.2) is 29.3 Å². The minimum absolute atomic E-state index is 0. The van der Waals surface area contributed by atoms with Gasteiger partial charge in [0, 0.05) is 32.7 Å². The molecule has 0 radical (unpaired) electrons. The van der Waals surface area contributed by atoms with Crippen LogP contribution in [0, 0.1) is 0 Å². The normalized spacial score (nSPS) is 15.5. The molecule has 1 aliphatic heterocycles. The third-order valence-corrected chi connectivity index (χ3v) is 3.72. The molecule has 2 rings (SSSR count). The Morgan fingerprint density at radius 1 is 1.29 bits per heavy atom. The molecule has 0 unspecified atom stereocenters. The summed E-state index contributed by atoms with van der Waals surface area (Å²) >= 11 is 0. The highest BCUT2D eigenvalue weighted by Crippen LogP contribution is 2.13. The predicted molar refractivity (Wildman–Crippen MR) is 108 cm³/mol. The molecule has 1 saturated heterocycles. The Kier molecular flexibility index (Phi) is 10.8. The van der Waals surface area contributed by atoms with Gasteiger partial charge >= 0.3 is 0 Å². The van der Waals surface area contributed by atoms with Crippen LogP contribution in [0.2, 0.25) is 0 Å². The Hall–Kier alpha value is -1.06. The SMILES string of the molecule is CCNC(=NCc1cccc(OC)c1)NCCN1CCOCC1.I. The monoisotopic (exact) mass is 448 g/mol. The molecular formula is C17H29IN4O2. The topological polar surface area (TPSA) is 58.1 Å². The quantitative estimate of drug-likeness (QED) is 0.378. The number of nitrogens with zero attached hydrogens (tertiary/aromatic N) is 2. The summed E-state index contributed by atoms with van der Waals surface area (Å²) < 4.78 is 10.6. The molecule has 0 aliphatic carbocycles. The Morgan fingerprint density at radius 2 is 2.08 bits per heavy atom. The molecule has 1 aromatic carbocycles. The van der Waals surface area contributed by atoms with E-state index in [4.69, 9.17) is 9.47 Å². The summed E-state index contributed by atoms with van der Waals surface area (Å²) in [7, 11) is 1.68. The predicted octanol–water partition coefficient (Wildman–Crippen LogP) is 1.70. The lowest BCUT2D eigenvalue weighted by molar-refractivity contribution is 0.0389. The maximum absolute atomic E-state index is 5.36. The zero-order valence-corrected chi connectivity index (χ0v) is 16.9. The van der Waals surface area contributed by atoms with Gasteiger partial charge in [-0.3, -0.25) is 4.90 Å². The molecule has 7 heteroatoms. The molecule has 0 amide bonds. The molecule has 136 valence electrons. The molecule has 1 aliphatic rings. The smallest absolute Gasteiger partial charge is 0.191 e. The molecule has 0 saturated carbocycles. The highest BCUT2D eigenvalue weighted by Gasteiger charge is 2.09. The van der Waals surface area contributed by atoms with Gasteiger partial charge in [-0.25, -0.2) is 4.99 Å². The first-order chi connectivity index (χ1) is 11.3. The molecule has 1 aromatic rings. The van der Waals surface area contributed by atoms with E-state index in [-0.39, 0.29) is 24.0 Å². The highest BCUT2D eigenvalue weighted by atomic mass is 127. The summed E-state index contributed by atoms with van der Waals surface area (Å²) in [5.41, 5.74) is 1.13. The van der Waals surface area contributed by atoms with Gasteiger partial charge in [-0.1, -0.05) is 12.1 Å². The molecule has 1 heterocycles. The van der Waals surface area contributed by atoms with Crippen molar-refractivity contribution in [3.8, 4) is 5.75 Å². The van der Waals surface area contributed by atoms with Crippen LogP contribution in [0.1, 0.15) is 12.5 Å². The number of benzene rings is 1. The van der Waals surface area contributed by atoms with Crippen molar-refractivity contribution in [3.05, 3.63) is 29.8 Å². The molecule has 0 bridgehead atoms. The maximum atomic E-state index is 5.36. The molecule has 2 N–H and O–H groups in total. The highest BCUT2D eigenvalue weighted by molar-refractivity contribution is 14.0. The van der Waals surface area contributed by atoms with Gasteiger partial charge in [0.15, 0.2) is 5.96 Å². The summed E-state index contributed by atoms with van der Waals surface area (Å²) in [4.78, 5) is 7.04.